The topological polar surface area (TPSA) is 55.1 Å². The van der Waals surface area contributed by atoms with Crippen molar-refractivity contribution in [1.82, 2.24) is 0 Å². The molecule has 0 fully saturated rings. The third-order valence-electron chi connectivity index (χ3n) is 2.63. The Bertz CT molecular complexity index is 596. The Morgan fingerprint density at radius 3 is 2.61 bits per heavy atom. The summed E-state index contributed by atoms with van der Waals surface area (Å²) in [4.78, 5) is 12.1. The Morgan fingerprint density at radius 2 is 1.94 bits per heavy atom. The van der Waals surface area contributed by atoms with Gasteiger partial charge < -0.3 is 11.1 Å². The highest BCUT2D eigenvalue weighted by molar-refractivity contribution is 9.10. The van der Waals surface area contributed by atoms with Gasteiger partial charge in [-0.05, 0) is 52.7 Å². The molecule has 0 saturated carbocycles. The molecule has 0 saturated heterocycles. The zero-order chi connectivity index (χ0) is 13.1. The van der Waals surface area contributed by atoms with E-state index in [4.69, 9.17) is 5.73 Å². The summed E-state index contributed by atoms with van der Waals surface area (Å²) >= 11 is 3.37. The summed E-state index contributed by atoms with van der Waals surface area (Å²) in [6.45, 7) is 1.91. The summed E-state index contributed by atoms with van der Waals surface area (Å²) in [5, 5.41) is 2.85. The number of hydrogen-bond acceptors (Lipinski definition) is 2. The summed E-state index contributed by atoms with van der Waals surface area (Å²) < 4.78 is 0.768. The third-order valence-corrected chi connectivity index (χ3v) is 3.29. The van der Waals surface area contributed by atoms with Crippen LogP contribution < -0.4 is 11.1 Å². The number of carbonyl (C=O) groups is 1. The van der Waals surface area contributed by atoms with Crippen LogP contribution in [0.25, 0.3) is 0 Å². The maximum absolute atomic E-state index is 12.1. The van der Waals surface area contributed by atoms with Crippen LogP contribution >= 0.6 is 15.9 Å². The Balaban J connectivity index is 2.24. The molecule has 0 heterocycles. The van der Waals surface area contributed by atoms with E-state index in [1.165, 1.54) is 0 Å². The monoisotopic (exact) mass is 304 g/mol. The van der Waals surface area contributed by atoms with Crippen LogP contribution in [0, 0.1) is 6.92 Å². The second-order valence-electron chi connectivity index (χ2n) is 4.01. The Labute approximate surface area is 114 Å². The number of hydrogen-bond donors (Lipinski definition) is 2. The molecule has 1 amide bonds. The fraction of sp³-hybridized carbons (Fsp3) is 0.0714. The smallest absolute Gasteiger partial charge is 0.255 e. The molecule has 4 heteroatoms. The lowest BCUT2D eigenvalue weighted by Gasteiger charge is -2.09. The van der Waals surface area contributed by atoms with Crippen LogP contribution in [0.2, 0.25) is 0 Å². The van der Waals surface area contributed by atoms with E-state index in [2.05, 4.69) is 21.2 Å². The first-order valence-corrected chi connectivity index (χ1v) is 6.29. The average Bonchev–Trinajstić information content (AvgIpc) is 2.33. The van der Waals surface area contributed by atoms with Crippen LogP contribution in [-0.2, 0) is 0 Å². The normalized spacial score (nSPS) is 10.1. The molecule has 0 aliphatic carbocycles. The highest BCUT2D eigenvalue weighted by Gasteiger charge is 2.10. The molecule has 0 aliphatic rings. The number of nitrogens with two attached hydrogens (primary N) is 1. The molecule has 92 valence electrons. The van der Waals surface area contributed by atoms with Crippen molar-refractivity contribution in [3.05, 3.63) is 58.1 Å². The minimum absolute atomic E-state index is 0.126. The molecular weight excluding hydrogens is 292 g/mol. The molecule has 2 aromatic rings. The van der Waals surface area contributed by atoms with Crippen molar-refractivity contribution in [1.29, 1.82) is 0 Å². The molecule has 0 spiro atoms. The molecule has 0 aliphatic heterocycles. The number of carbonyl (C=O) groups excluding carboxylic acids is 1. The van der Waals surface area contributed by atoms with Gasteiger partial charge in [-0.1, -0.05) is 18.2 Å². The zero-order valence-electron chi connectivity index (χ0n) is 9.91. The molecule has 3 N–H and O–H groups in total. The maximum atomic E-state index is 12.1. The number of amides is 1. The van der Waals surface area contributed by atoms with Gasteiger partial charge in [0.15, 0.2) is 0 Å². The van der Waals surface area contributed by atoms with Crippen LogP contribution in [0.5, 0.6) is 0 Å². The maximum Gasteiger partial charge on any atom is 0.255 e. The lowest BCUT2D eigenvalue weighted by Crippen LogP contribution is -2.13. The van der Waals surface area contributed by atoms with Crippen LogP contribution in [0.1, 0.15) is 15.9 Å². The van der Waals surface area contributed by atoms with Gasteiger partial charge in [-0.3, -0.25) is 4.79 Å². The third kappa shape index (κ3) is 2.71. The van der Waals surface area contributed by atoms with E-state index in [-0.39, 0.29) is 5.91 Å². The summed E-state index contributed by atoms with van der Waals surface area (Å²) in [7, 11) is 0. The van der Waals surface area contributed by atoms with Crippen molar-refractivity contribution in [2.24, 2.45) is 0 Å². The first-order chi connectivity index (χ1) is 8.58. The molecule has 0 radical (unpaired) electrons. The van der Waals surface area contributed by atoms with E-state index in [9.17, 15) is 4.79 Å². The number of nitrogen functional groups attached to an aromatic ring is 1. The zero-order valence-corrected chi connectivity index (χ0v) is 11.5. The van der Waals surface area contributed by atoms with Gasteiger partial charge in [0.05, 0.1) is 5.69 Å². The van der Waals surface area contributed by atoms with Crippen molar-refractivity contribution in [3.8, 4) is 0 Å². The predicted octanol–water partition coefficient (Wildman–Crippen LogP) is 3.59. The van der Waals surface area contributed by atoms with E-state index in [1.807, 2.05) is 25.1 Å². The fourth-order valence-electron chi connectivity index (χ4n) is 1.65. The number of rotatable bonds is 2. The first-order valence-electron chi connectivity index (χ1n) is 5.50. The van der Waals surface area contributed by atoms with Crippen molar-refractivity contribution in [2.45, 2.75) is 6.92 Å². The lowest BCUT2D eigenvalue weighted by molar-refractivity contribution is 0.102. The number of halogens is 1. The van der Waals surface area contributed by atoms with Crippen LogP contribution in [0.15, 0.2) is 46.9 Å². The average molecular weight is 305 g/mol. The Kier molecular flexibility index (Phi) is 3.67. The minimum Gasteiger partial charge on any atom is -0.399 e. The largest absolute Gasteiger partial charge is 0.399 e. The fourth-order valence-corrected chi connectivity index (χ4v) is 2.15. The van der Waals surface area contributed by atoms with Gasteiger partial charge in [0.1, 0.15) is 0 Å². The number of benzene rings is 2. The number of aryl methyl sites for hydroxylation is 1. The van der Waals surface area contributed by atoms with E-state index < -0.39 is 0 Å². The van der Waals surface area contributed by atoms with Gasteiger partial charge in [-0.25, -0.2) is 0 Å². The summed E-state index contributed by atoms with van der Waals surface area (Å²) in [6, 6.07) is 12.7. The molecule has 2 rings (SSSR count). The summed E-state index contributed by atoms with van der Waals surface area (Å²) in [5.41, 5.74) is 8.62. The standard InChI is InChI=1S/C14H13BrN2O/c1-9-4-2-3-5-11(9)14(18)17-13-7-6-10(16)8-12(13)15/h2-8H,16H2,1H3,(H,17,18). The van der Waals surface area contributed by atoms with Crippen LogP contribution in [0.3, 0.4) is 0 Å². The molecular formula is C14H13BrN2O. The second kappa shape index (κ2) is 5.23. The molecule has 2 aromatic carbocycles. The molecule has 0 bridgehead atoms. The van der Waals surface area contributed by atoms with Crippen molar-refractivity contribution in [3.63, 3.8) is 0 Å². The molecule has 0 unspecified atom stereocenters. The van der Waals surface area contributed by atoms with Gasteiger partial charge >= 0.3 is 0 Å². The Hall–Kier alpha value is -1.81. The van der Waals surface area contributed by atoms with E-state index in [0.717, 1.165) is 10.0 Å². The summed E-state index contributed by atoms with van der Waals surface area (Å²) in [6.07, 6.45) is 0. The molecule has 0 aromatic heterocycles. The van der Waals surface area contributed by atoms with Crippen LogP contribution in [0.4, 0.5) is 11.4 Å². The van der Waals surface area contributed by atoms with Crippen LogP contribution in [-0.4, -0.2) is 5.91 Å². The van der Waals surface area contributed by atoms with E-state index in [1.54, 1.807) is 24.3 Å². The van der Waals surface area contributed by atoms with Crippen molar-refractivity contribution >= 4 is 33.2 Å². The Morgan fingerprint density at radius 1 is 1.22 bits per heavy atom. The quantitative estimate of drug-likeness (QED) is 0.833. The number of nitrogens with one attached hydrogen (secondary N) is 1. The second-order valence-corrected chi connectivity index (χ2v) is 4.86. The van der Waals surface area contributed by atoms with Crippen molar-refractivity contribution in [2.75, 3.05) is 11.1 Å². The predicted molar refractivity (Wildman–Crippen MR) is 77.7 cm³/mol. The van der Waals surface area contributed by atoms with E-state index in [0.29, 0.717) is 16.9 Å². The van der Waals surface area contributed by atoms with Crippen molar-refractivity contribution < 1.29 is 4.79 Å². The highest BCUT2D eigenvalue weighted by atomic mass is 79.9. The molecule has 3 nitrogen and oxygen atoms in total. The number of anilines is 2. The van der Waals surface area contributed by atoms with Gasteiger partial charge in [0.25, 0.3) is 5.91 Å². The van der Waals surface area contributed by atoms with E-state index >= 15 is 0 Å². The lowest BCUT2D eigenvalue weighted by atomic mass is 10.1. The van der Waals surface area contributed by atoms with Gasteiger partial charge in [-0.15, -0.1) is 0 Å². The summed E-state index contributed by atoms with van der Waals surface area (Å²) in [5.74, 6) is -0.126. The SMILES string of the molecule is Cc1ccccc1C(=O)Nc1ccc(N)cc1Br. The van der Waals surface area contributed by atoms with Gasteiger partial charge in [0, 0.05) is 15.7 Å². The highest BCUT2D eigenvalue weighted by Crippen LogP contribution is 2.25. The molecule has 0 atom stereocenters. The minimum atomic E-state index is -0.126. The molecule has 18 heavy (non-hydrogen) atoms. The first kappa shape index (κ1) is 12.6. The van der Waals surface area contributed by atoms with Gasteiger partial charge in [-0.2, -0.15) is 0 Å². The van der Waals surface area contributed by atoms with Gasteiger partial charge in [0.2, 0.25) is 0 Å².